The summed E-state index contributed by atoms with van der Waals surface area (Å²) in [6, 6.07) is 18.2. The second kappa shape index (κ2) is 9.53. The minimum Gasteiger partial charge on any atom is -0.443 e. The maximum atomic E-state index is 12.3. The van der Waals surface area contributed by atoms with E-state index in [4.69, 9.17) is 19.1 Å². The molecule has 0 aliphatic carbocycles. The first kappa shape index (κ1) is 22.0. The molecule has 0 radical (unpaired) electrons. The quantitative estimate of drug-likeness (QED) is 0.731. The fourth-order valence-corrected chi connectivity index (χ4v) is 3.45. The number of benzene rings is 2. The van der Waals surface area contributed by atoms with E-state index in [9.17, 15) is 19.8 Å². The Balaban J connectivity index is 1.31. The van der Waals surface area contributed by atoms with Gasteiger partial charge in [0.05, 0.1) is 13.1 Å². The maximum Gasteiger partial charge on any atom is 0.434 e. The molecule has 0 bridgehead atoms. The van der Waals surface area contributed by atoms with E-state index in [1.807, 2.05) is 36.4 Å². The first-order valence-corrected chi connectivity index (χ1v) is 10.1. The van der Waals surface area contributed by atoms with Crippen LogP contribution in [0.2, 0.25) is 0 Å². The van der Waals surface area contributed by atoms with Gasteiger partial charge in [0.2, 0.25) is 0 Å². The Bertz CT molecular complexity index is 875. The molecule has 2 N–H and O–H groups in total. The first-order chi connectivity index (χ1) is 15.5. The van der Waals surface area contributed by atoms with Crippen LogP contribution in [0.4, 0.5) is 9.59 Å². The van der Waals surface area contributed by atoms with Gasteiger partial charge in [-0.2, -0.15) is 10.1 Å². The van der Waals surface area contributed by atoms with Crippen LogP contribution in [0, 0.1) is 0 Å². The van der Waals surface area contributed by atoms with E-state index < -0.39 is 30.0 Å². The fourth-order valence-electron chi connectivity index (χ4n) is 3.45. The molecule has 2 aliphatic heterocycles. The van der Waals surface area contributed by atoms with Crippen molar-refractivity contribution >= 4 is 12.2 Å². The van der Waals surface area contributed by atoms with Crippen LogP contribution >= 0.6 is 0 Å². The maximum absolute atomic E-state index is 12.3. The van der Waals surface area contributed by atoms with Crippen LogP contribution in [-0.4, -0.2) is 70.0 Å². The Morgan fingerprint density at radius 1 is 0.938 bits per heavy atom. The van der Waals surface area contributed by atoms with Gasteiger partial charge in [-0.25, -0.2) is 9.59 Å². The lowest BCUT2D eigenvalue weighted by Gasteiger charge is -2.49. The lowest BCUT2D eigenvalue weighted by Crippen LogP contribution is -2.72. The number of nitrogens with zero attached hydrogens (tertiary/aromatic N) is 2. The zero-order chi connectivity index (χ0) is 22.6. The number of amides is 2. The molecular formula is C22H24N2O8. The van der Waals surface area contributed by atoms with E-state index in [2.05, 4.69) is 0 Å². The number of hydrogen-bond donors (Lipinski definition) is 2. The zero-order valence-corrected chi connectivity index (χ0v) is 17.2. The molecular weight excluding hydrogens is 420 g/mol. The number of aliphatic hydroxyl groups is 2. The predicted molar refractivity (Wildman–Crippen MR) is 108 cm³/mol. The normalized spacial score (nSPS) is 25.1. The summed E-state index contributed by atoms with van der Waals surface area (Å²) in [6.45, 7) is -0.951. The minimum atomic E-state index is -1.85. The number of carbonyl (C=O) groups is 2. The Morgan fingerprint density at radius 3 is 2.03 bits per heavy atom. The van der Waals surface area contributed by atoms with Gasteiger partial charge < -0.3 is 19.7 Å². The lowest BCUT2D eigenvalue weighted by molar-refractivity contribution is -0.356. The van der Waals surface area contributed by atoms with Crippen molar-refractivity contribution in [3.63, 3.8) is 0 Å². The van der Waals surface area contributed by atoms with Crippen molar-refractivity contribution in [3.05, 3.63) is 71.8 Å². The molecule has 0 spiro atoms. The van der Waals surface area contributed by atoms with Crippen LogP contribution in [0.25, 0.3) is 0 Å². The summed E-state index contributed by atoms with van der Waals surface area (Å²) in [6.07, 6.45) is -4.11. The van der Waals surface area contributed by atoms with E-state index in [-0.39, 0.29) is 32.9 Å². The monoisotopic (exact) mass is 444 g/mol. The van der Waals surface area contributed by atoms with Gasteiger partial charge in [0, 0.05) is 0 Å². The largest absolute Gasteiger partial charge is 0.443 e. The van der Waals surface area contributed by atoms with Gasteiger partial charge in [0.1, 0.15) is 37.6 Å². The summed E-state index contributed by atoms with van der Waals surface area (Å²) in [5.74, 6) is 0. The average molecular weight is 444 g/mol. The lowest BCUT2D eigenvalue weighted by atomic mass is 9.88. The van der Waals surface area contributed by atoms with E-state index >= 15 is 0 Å². The number of β-amino-alcohol motifs (C(OH)–C–C–N with tert-alkyl or cyclic N) is 2. The van der Waals surface area contributed by atoms with Gasteiger partial charge in [-0.1, -0.05) is 60.7 Å². The Labute approximate surface area is 184 Å². The third-order valence-electron chi connectivity index (χ3n) is 5.32. The topological polar surface area (TPSA) is 118 Å². The van der Waals surface area contributed by atoms with Crippen molar-refractivity contribution in [2.45, 2.75) is 31.0 Å². The second-order valence-corrected chi connectivity index (χ2v) is 7.57. The van der Waals surface area contributed by atoms with Gasteiger partial charge in [-0.05, 0) is 11.1 Å². The van der Waals surface area contributed by atoms with E-state index in [1.165, 1.54) is 0 Å². The van der Waals surface area contributed by atoms with Gasteiger partial charge in [-0.3, -0.25) is 9.68 Å². The van der Waals surface area contributed by atoms with Crippen LogP contribution in [-0.2, 0) is 32.4 Å². The molecule has 4 rings (SSSR count). The minimum absolute atomic E-state index is 0.0292. The highest BCUT2D eigenvalue weighted by Crippen LogP contribution is 2.31. The predicted octanol–water partition coefficient (Wildman–Crippen LogP) is 1.61. The summed E-state index contributed by atoms with van der Waals surface area (Å²) in [7, 11) is 0. The van der Waals surface area contributed by atoms with Gasteiger partial charge in [0.25, 0.3) is 0 Å². The van der Waals surface area contributed by atoms with Crippen LogP contribution in [0.1, 0.15) is 11.1 Å². The van der Waals surface area contributed by atoms with Crippen LogP contribution in [0.3, 0.4) is 0 Å². The third kappa shape index (κ3) is 4.83. The SMILES string of the molecule is O=C(OCc1ccccc1)N1C[C@]2(O)[C@@H](O)CN(C(=O)OCc3ccccc3)O[C@@H]2CO1. The van der Waals surface area contributed by atoms with Gasteiger partial charge in [0.15, 0.2) is 0 Å². The number of rotatable bonds is 4. The van der Waals surface area contributed by atoms with E-state index in [0.29, 0.717) is 0 Å². The summed E-state index contributed by atoms with van der Waals surface area (Å²) < 4.78 is 10.4. The number of ether oxygens (including phenoxy) is 2. The summed E-state index contributed by atoms with van der Waals surface area (Å²) in [4.78, 5) is 35.6. The molecule has 10 nitrogen and oxygen atoms in total. The molecule has 2 heterocycles. The number of aliphatic hydroxyl groups excluding tert-OH is 1. The average Bonchev–Trinajstić information content (AvgIpc) is 2.82. The van der Waals surface area contributed by atoms with Gasteiger partial charge >= 0.3 is 12.2 Å². The molecule has 32 heavy (non-hydrogen) atoms. The van der Waals surface area contributed by atoms with Crippen molar-refractivity contribution < 1.29 is 39.0 Å². The zero-order valence-electron chi connectivity index (χ0n) is 17.2. The van der Waals surface area contributed by atoms with Crippen molar-refractivity contribution in [1.29, 1.82) is 0 Å². The highest BCUT2D eigenvalue weighted by atomic mass is 16.8. The van der Waals surface area contributed by atoms with Crippen LogP contribution in [0.5, 0.6) is 0 Å². The molecule has 2 fully saturated rings. The second-order valence-electron chi connectivity index (χ2n) is 7.57. The fraction of sp³-hybridized carbons (Fsp3) is 0.364. The van der Waals surface area contributed by atoms with E-state index in [0.717, 1.165) is 21.3 Å². The summed E-state index contributed by atoms with van der Waals surface area (Å²) >= 11 is 0. The molecule has 0 saturated carbocycles. The summed E-state index contributed by atoms with van der Waals surface area (Å²) in [5.41, 5.74) is -0.263. The molecule has 170 valence electrons. The third-order valence-corrected chi connectivity index (χ3v) is 5.32. The molecule has 0 aromatic heterocycles. The van der Waals surface area contributed by atoms with E-state index in [1.54, 1.807) is 24.3 Å². The van der Waals surface area contributed by atoms with Crippen LogP contribution < -0.4 is 0 Å². The smallest absolute Gasteiger partial charge is 0.434 e. The van der Waals surface area contributed by atoms with Crippen molar-refractivity contribution in [2.24, 2.45) is 0 Å². The first-order valence-electron chi connectivity index (χ1n) is 10.1. The molecule has 2 aromatic rings. The molecule has 2 aromatic carbocycles. The molecule has 0 unspecified atom stereocenters. The van der Waals surface area contributed by atoms with Crippen molar-refractivity contribution in [1.82, 2.24) is 10.1 Å². The summed E-state index contributed by atoms with van der Waals surface area (Å²) in [5, 5.41) is 23.2. The molecule has 3 atom stereocenters. The molecule has 2 amide bonds. The highest BCUT2D eigenvalue weighted by molar-refractivity contribution is 5.67. The standard InChI is InChI=1S/C22H24N2O8/c25-18-11-23(20(26)29-12-16-7-3-1-4-8-16)32-19-14-31-24(15-22(18,19)28)21(27)30-13-17-9-5-2-6-10-17/h1-10,18-19,25,28H,11-15H2/t18-,19+,22-/m0/s1. The molecule has 2 aliphatic rings. The molecule has 10 heteroatoms. The van der Waals surface area contributed by atoms with Crippen LogP contribution in [0.15, 0.2) is 60.7 Å². The highest BCUT2D eigenvalue weighted by Gasteiger charge is 2.56. The number of hydrogen-bond acceptors (Lipinski definition) is 8. The Kier molecular flexibility index (Phi) is 6.56. The number of fused-ring (bicyclic) bond motifs is 1. The number of hydroxylamine groups is 4. The van der Waals surface area contributed by atoms with Gasteiger partial charge in [-0.15, -0.1) is 0 Å². The number of carbonyl (C=O) groups excluding carboxylic acids is 2. The Hall–Kier alpha value is -3.18. The Morgan fingerprint density at radius 2 is 1.47 bits per heavy atom. The molecule has 2 saturated heterocycles. The van der Waals surface area contributed by atoms with Crippen molar-refractivity contribution in [3.8, 4) is 0 Å². The van der Waals surface area contributed by atoms with Crippen molar-refractivity contribution in [2.75, 3.05) is 19.7 Å².